The van der Waals surface area contributed by atoms with E-state index in [9.17, 15) is 9.90 Å². The minimum Gasteiger partial charge on any atom is -0.497 e. The van der Waals surface area contributed by atoms with Gasteiger partial charge in [0.1, 0.15) is 22.5 Å². The zero-order valence-corrected chi connectivity index (χ0v) is 18.0. The molecule has 0 spiro atoms. The van der Waals surface area contributed by atoms with Crippen LogP contribution in [0.25, 0.3) is 6.08 Å². The van der Waals surface area contributed by atoms with E-state index in [1.165, 1.54) is 0 Å². The third-order valence-corrected chi connectivity index (χ3v) is 5.49. The van der Waals surface area contributed by atoms with Crippen molar-refractivity contribution in [3.05, 3.63) is 65.7 Å². The van der Waals surface area contributed by atoms with Crippen LogP contribution in [0.4, 0.5) is 0 Å². The molecular weight excluding hydrogens is 384 g/mol. The van der Waals surface area contributed by atoms with E-state index < -0.39 is 22.8 Å². The van der Waals surface area contributed by atoms with Gasteiger partial charge in [0.05, 0.1) is 20.8 Å². The fourth-order valence-corrected chi connectivity index (χ4v) is 3.69. The van der Waals surface area contributed by atoms with Crippen molar-refractivity contribution in [2.24, 2.45) is 5.41 Å². The number of ether oxygens (including phenoxy) is 4. The molecule has 0 radical (unpaired) electrons. The predicted molar refractivity (Wildman–Crippen MR) is 114 cm³/mol. The second-order valence-corrected chi connectivity index (χ2v) is 8.01. The molecule has 30 heavy (non-hydrogen) atoms. The van der Waals surface area contributed by atoms with Gasteiger partial charge in [-0.3, -0.25) is 4.79 Å². The van der Waals surface area contributed by atoms with Gasteiger partial charge in [-0.2, -0.15) is 0 Å². The van der Waals surface area contributed by atoms with Gasteiger partial charge >= 0.3 is 5.97 Å². The number of carboxylic acid groups (broad SMARTS) is 1. The van der Waals surface area contributed by atoms with Gasteiger partial charge in [-0.1, -0.05) is 36.4 Å². The Bertz CT molecular complexity index is 914. The van der Waals surface area contributed by atoms with Crippen molar-refractivity contribution >= 4 is 12.0 Å². The monoisotopic (exact) mass is 412 g/mol. The Balaban J connectivity index is 2.20. The van der Waals surface area contributed by atoms with Crippen LogP contribution in [0.15, 0.2) is 54.6 Å². The summed E-state index contributed by atoms with van der Waals surface area (Å²) in [7, 11) is 3.17. The fraction of sp³-hybridized carbons (Fsp3) is 0.375. The number of hydrogen-bond donors (Lipinski definition) is 1. The Morgan fingerprint density at radius 1 is 1.03 bits per heavy atom. The lowest BCUT2D eigenvalue weighted by Gasteiger charge is -2.52. The molecule has 2 atom stereocenters. The SMILES string of the molecule is COc1cc(C=CC2(c3ccccc3)OC(C)(C)OCC2(C)C(=O)O)cc(OC)c1. The van der Waals surface area contributed by atoms with Gasteiger partial charge in [0.15, 0.2) is 5.79 Å². The lowest BCUT2D eigenvalue weighted by molar-refractivity contribution is -0.341. The van der Waals surface area contributed by atoms with Gasteiger partial charge in [0.25, 0.3) is 0 Å². The number of aliphatic carboxylic acids is 1. The van der Waals surface area contributed by atoms with Crippen molar-refractivity contribution in [2.75, 3.05) is 20.8 Å². The lowest BCUT2D eigenvalue weighted by atomic mass is 9.68. The van der Waals surface area contributed by atoms with E-state index in [1.54, 1.807) is 47.1 Å². The average Bonchev–Trinajstić information content (AvgIpc) is 2.74. The average molecular weight is 412 g/mol. The van der Waals surface area contributed by atoms with Crippen LogP contribution in [0.5, 0.6) is 11.5 Å². The third-order valence-electron chi connectivity index (χ3n) is 5.49. The first kappa shape index (κ1) is 21.9. The maximum atomic E-state index is 12.5. The Hall–Kier alpha value is -2.83. The summed E-state index contributed by atoms with van der Waals surface area (Å²) in [5.74, 6) is -0.704. The topological polar surface area (TPSA) is 74.2 Å². The highest BCUT2D eigenvalue weighted by atomic mass is 16.7. The molecule has 1 fully saturated rings. The van der Waals surface area contributed by atoms with Crippen LogP contribution in [-0.4, -0.2) is 37.7 Å². The predicted octanol–water partition coefficient (Wildman–Crippen LogP) is 4.49. The summed E-state index contributed by atoms with van der Waals surface area (Å²) < 4.78 is 22.9. The molecule has 1 heterocycles. The van der Waals surface area contributed by atoms with Gasteiger partial charge in [0, 0.05) is 6.07 Å². The first-order valence-electron chi connectivity index (χ1n) is 9.71. The summed E-state index contributed by atoms with van der Waals surface area (Å²) in [6.07, 6.45) is 3.63. The third kappa shape index (κ3) is 3.93. The summed E-state index contributed by atoms with van der Waals surface area (Å²) in [5.41, 5.74) is -1.10. The molecule has 6 heteroatoms. The van der Waals surface area contributed by atoms with E-state index in [4.69, 9.17) is 18.9 Å². The number of hydrogen-bond acceptors (Lipinski definition) is 5. The van der Waals surface area contributed by atoms with Crippen LogP contribution in [0, 0.1) is 5.41 Å². The maximum Gasteiger partial charge on any atom is 0.315 e. The largest absolute Gasteiger partial charge is 0.497 e. The highest BCUT2D eigenvalue weighted by Crippen LogP contribution is 2.51. The summed E-state index contributed by atoms with van der Waals surface area (Å²) >= 11 is 0. The Morgan fingerprint density at radius 3 is 2.17 bits per heavy atom. The smallest absolute Gasteiger partial charge is 0.315 e. The molecule has 1 saturated heterocycles. The van der Waals surface area contributed by atoms with Gasteiger partial charge < -0.3 is 24.1 Å². The quantitative estimate of drug-likeness (QED) is 0.754. The summed E-state index contributed by atoms with van der Waals surface area (Å²) in [6.45, 7) is 5.22. The minimum absolute atomic E-state index is 0.00397. The van der Waals surface area contributed by atoms with Crippen LogP contribution in [0.2, 0.25) is 0 Å². The Morgan fingerprint density at radius 2 is 1.63 bits per heavy atom. The molecule has 160 valence electrons. The van der Waals surface area contributed by atoms with E-state index in [0.717, 1.165) is 11.1 Å². The van der Waals surface area contributed by atoms with Crippen molar-refractivity contribution in [3.63, 3.8) is 0 Å². The van der Waals surface area contributed by atoms with Crippen LogP contribution >= 0.6 is 0 Å². The fourth-order valence-electron chi connectivity index (χ4n) is 3.69. The van der Waals surface area contributed by atoms with E-state index >= 15 is 0 Å². The molecule has 2 unspecified atom stereocenters. The molecule has 1 aliphatic rings. The number of methoxy groups -OCH3 is 2. The first-order valence-corrected chi connectivity index (χ1v) is 9.71. The molecule has 2 aromatic rings. The van der Waals surface area contributed by atoms with Crippen LogP contribution in [0.1, 0.15) is 31.9 Å². The number of benzene rings is 2. The molecule has 0 saturated carbocycles. The molecular formula is C24H28O6. The van der Waals surface area contributed by atoms with Gasteiger partial charge in [-0.25, -0.2) is 0 Å². The molecule has 0 bridgehead atoms. The maximum absolute atomic E-state index is 12.5. The molecule has 1 aliphatic heterocycles. The van der Waals surface area contributed by atoms with Gasteiger partial charge in [-0.05, 0) is 50.1 Å². The van der Waals surface area contributed by atoms with E-state index in [0.29, 0.717) is 11.5 Å². The van der Waals surface area contributed by atoms with Gasteiger partial charge in [-0.15, -0.1) is 0 Å². The standard InChI is InChI=1S/C24H28O6/c1-22(2)29-16-23(3,21(25)26)24(30-22,18-9-7-6-8-10-18)12-11-17-13-19(27-4)15-20(14-17)28-5/h6-15H,16H2,1-5H3,(H,25,26). The zero-order chi connectivity index (χ0) is 22.0. The van der Waals surface area contributed by atoms with Crippen molar-refractivity contribution in [1.29, 1.82) is 0 Å². The number of carboxylic acids is 1. The van der Waals surface area contributed by atoms with Crippen LogP contribution < -0.4 is 9.47 Å². The van der Waals surface area contributed by atoms with Crippen LogP contribution in [0.3, 0.4) is 0 Å². The lowest BCUT2D eigenvalue weighted by Crippen LogP contribution is -2.61. The summed E-state index contributed by atoms with van der Waals surface area (Å²) in [5, 5.41) is 10.2. The zero-order valence-electron chi connectivity index (χ0n) is 18.0. The van der Waals surface area contributed by atoms with Crippen LogP contribution in [-0.2, 0) is 19.9 Å². The van der Waals surface area contributed by atoms with Gasteiger partial charge in [0.2, 0.25) is 0 Å². The molecule has 1 N–H and O–H groups in total. The van der Waals surface area contributed by atoms with Crippen molar-refractivity contribution in [1.82, 2.24) is 0 Å². The normalized spacial score (nSPS) is 25.8. The number of rotatable bonds is 6. The molecule has 2 aromatic carbocycles. The van der Waals surface area contributed by atoms with E-state index in [2.05, 4.69) is 0 Å². The van der Waals surface area contributed by atoms with Crippen molar-refractivity contribution in [3.8, 4) is 11.5 Å². The second kappa shape index (κ2) is 8.13. The highest BCUT2D eigenvalue weighted by molar-refractivity contribution is 5.78. The van der Waals surface area contributed by atoms with Crippen molar-refractivity contribution in [2.45, 2.75) is 32.2 Å². The molecule has 0 amide bonds. The van der Waals surface area contributed by atoms with E-state index in [-0.39, 0.29) is 6.61 Å². The van der Waals surface area contributed by atoms with Crippen molar-refractivity contribution < 1.29 is 28.8 Å². The molecule has 6 nitrogen and oxygen atoms in total. The molecule has 0 aromatic heterocycles. The summed E-state index contributed by atoms with van der Waals surface area (Å²) in [6, 6.07) is 14.8. The Kier molecular flexibility index (Phi) is 5.92. The van der Waals surface area contributed by atoms with E-state index in [1.807, 2.05) is 48.5 Å². The summed E-state index contributed by atoms with van der Waals surface area (Å²) in [4.78, 5) is 12.5. The molecule has 0 aliphatic carbocycles. The first-order chi connectivity index (χ1) is 14.2. The minimum atomic E-state index is -1.36. The molecule has 3 rings (SSSR count). The Labute approximate surface area is 177 Å². The second-order valence-electron chi connectivity index (χ2n) is 8.01. The highest BCUT2D eigenvalue weighted by Gasteiger charge is 2.60. The number of carbonyl (C=O) groups is 1.